The van der Waals surface area contributed by atoms with Crippen molar-refractivity contribution in [2.75, 3.05) is 0 Å². The fourth-order valence-corrected chi connectivity index (χ4v) is 11.0. The Morgan fingerprint density at radius 1 is 0.603 bits per heavy atom. The van der Waals surface area contributed by atoms with Crippen molar-refractivity contribution in [3.8, 4) is 56.5 Å². The lowest BCUT2D eigenvalue weighted by Crippen LogP contribution is -2.06. The number of benzene rings is 5. The number of allylic oxidation sites excluding steroid dienone is 12. The Kier molecular flexibility index (Phi) is 14.7. The number of nitrogens with zero attached hydrogens (tertiary/aromatic N) is 8. The van der Waals surface area contributed by atoms with Crippen molar-refractivity contribution >= 4 is 56.1 Å². The zero-order chi connectivity index (χ0) is 53.5. The number of hydrogen-bond donors (Lipinski definition) is 0. The van der Waals surface area contributed by atoms with Gasteiger partial charge in [-0.1, -0.05) is 154 Å². The molecule has 8 nitrogen and oxygen atoms in total. The SMILES string of the molecule is C=C/C=C(\C=C/C)c1cc(-c2ccncc2)nc(-c2cccc(-n3c4c(c5c(-c6cccc7c6c6ccccc6n7-c6cccc(-c7nc(C(/C=C\C)=C/C=C)cc(C8C=CN=CC8)n7)c6)cccc53)CCC=C4)c2)n1.CC. The topological polar surface area (TPSA) is 86.7 Å². The number of pyridine rings is 1. The van der Waals surface area contributed by atoms with Gasteiger partial charge in [0.15, 0.2) is 11.6 Å². The Balaban J connectivity index is 0.00000319. The zero-order valence-electron chi connectivity index (χ0n) is 44.6. The lowest BCUT2D eigenvalue weighted by atomic mass is 9.92. The third-order valence-corrected chi connectivity index (χ3v) is 14.3. The van der Waals surface area contributed by atoms with Gasteiger partial charge < -0.3 is 9.13 Å². The van der Waals surface area contributed by atoms with Crippen LogP contribution < -0.4 is 0 Å². The Morgan fingerprint density at radius 2 is 1.22 bits per heavy atom. The van der Waals surface area contributed by atoms with Crippen LogP contribution in [0.1, 0.15) is 74.8 Å². The summed E-state index contributed by atoms with van der Waals surface area (Å²) in [5, 5.41) is 3.65. The van der Waals surface area contributed by atoms with Crippen LogP contribution in [-0.2, 0) is 6.42 Å². The monoisotopic (exact) mass is 1010 g/mol. The maximum absolute atomic E-state index is 5.24. The molecule has 1 unspecified atom stereocenters. The molecule has 10 aromatic rings. The number of fused-ring (bicyclic) bond motifs is 6. The summed E-state index contributed by atoms with van der Waals surface area (Å²) in [5.74, 6) is 1.40. The van der Waals surface area contributed by atoms with E-state index in [-0.39, 0.29) is 5.92 Å². The van der Waals surface area contributed by atoms with Crippen LogP contribution in [-0.4, -0.2) is 40.3 Å². The molecule has 380 valence electrons. The van der Waals surface area contributed by atoms with Crippen molar-refractivity contribution in [3.63, 3.8) is 0 Å². The Hall–Kier alpha value is -9.66. The van der Waals surface area contributed by atoms with Gasteiger partial charge in [-0.3, -0.25) is 9.98 Å². The summed E-state index contributed by atoms with van der Waals surface area (Å²) in [7, 11) is 0. The quantitative estimate of drug-likeness (QED) is 0.107. The Bertz CT molecular complexity index is 4150. The number of aryl methyl sites for hydroxylation is 1. The average molecular weight is 1010 g/mol. The first kappa shape index (κ1) is 50.5. The van der Waals surface area contributed by atoms with Gasteiger partial charge in [-0.15, -0.1) is 0 Å². The van der Waals surface area contributed by atoms with Crippen LogP contribution in [0.15, 0.2) is 231 Å². The molecular weight excluding hydrogens is 953 g/mol. The van der Waals surface area contributed by atoms with Crippen LogP contribution in [0.4, 0.5) is 0 Å². The van der Waals surface area contributed by atoms with Crippen LogP contribution in [0, 0.1) is 0 Å². The van der Waals surface area contributed by atoms with Gasteiger partial charge in [-0.05, 0) is 134 Å². The van der Waals surface area contributed by atoms with Crippen LogP contribution in [0.2, 0.25) is 0 Å². The second-order valence-corrected chi connectivity index (χ2v) is 18.9. The highest BCUT2D eigenvalue weighted by molar-refractivity contribution is 6.18. The normalized spacial score (nSPS) is 14.4. The first-order valence-electron chi connectivity index (χ1n) is 26.9. The maximum Gasteiger partial charge on any atom is 0.160 e. The van der Waals surface area contributed by atoms with Crippen LogP contribution in [0.3, 0.4) is 0 Å². The van der Waals surface area contributed by atoms with E-state index in [1.165, 1.54) is 38.5 Å². The molecule has 12 rings (SSSR count). The maximum atomic E-state index is 5.24. The Morgan fingerprint density at radius 3 is 1.88 bits per heavy atom. The standard InChI is InChI=1S/C68H54N8.C2H6/c1-5-17-45(18-6-2)57-43-59(47-33-37-69-38-34-47)73-67(71-57)49-21-13-23-51(41-49)75-61-29-11-9-25-55(61)65-53(27-15-31-63(65)75)54-28-16-32-64-66(54)56-26-10-12-30-62(56)76(64)52-24-14-22-50(42-52)68-72-58(46(19-7-3)20-8-4)44-60(74-68)48-35-39-70-40-36-48;1-2/h5-9,11-25,27-33,35-44,47H,1,3,10,26,34H2,2,4H3;1-2H3/b18-6-,20-8-,45-17+,46-19+;. The predicted molar refractivity (Wildman–Crippen MR) is 328 cm³/mol. The van der Waals surface area contributed by atoms with Crippen molar-refractivity contribution in [2.45, 2.75) is 52.9 Å². The van der Waals surface area contributed by atoms with Gasteiger partial charge in [0.2, 0.25) is 0 Å². The van der Waals surface area contributed by atoms with Gasteiger partial charge in [-0.2, -0.15) is 0 Å². The number of para-hydroxylation sites is 1. The van der Waals surface area contributed by atoms with Gasteiger partial charge in [0, 0.05) is 80.6 Å². The molecule has 78 heavy (non-hydrogen) atoms. The highest BCUT2D eigenvalue weighted by Crippen LogP contribution is 2.45. The molecule has 1 aliphatic carbocycles. The molecule has 0 amide bonds. The third-order valence-electron chi connectivity index (χ3n) is 14.3. The second kappa shape index (κ2) is 22.7. The van der Waals surface area contributed by atoms with E-state index < -0.39 is 0 Å². The molecular formula is C70H60N8. The number of rotatable bonds is 13. The molecule has 1 atom stereocenters. The highest BCUT2D eigenvalue weighted by Gasteiger charge is 2.25. The fourth-order valence-electron chi connectivity index (χ4n) is 11.0. The molecule has 0 fully saturated rings. The molecule has 5 aromatic heterocycles. The smallest absolute Gasteiger partial charge is 0.160 e. The molecule has 1 aliphatic heterocycles. The van der Waals surface area contributed by atoms with E-state index in [0.717, 1.165) is 97.8 Å². The largest absolute Gasteiger partial charge is 0.310 e. The molecule has 0 radical (unpaired) electrons. The predicted octanol–water partition coefficient (Wildman–Crippen LogP) is 17.7. The molecule has 0 spiro atoms. The van der Waals surface area contributed by atoms with E-state index in [1.807, 2.05) is 88.7 Å². The fraction of sp³-hybridized carbons (Fsp3) is 0.114. The Labute approximate surface area is 456 Å². The van der Waals surface area contributed by atoms with Crippen molar-refractivity contribution in [1.82, 2.24) is 34.1 Å². The first-order valence-corrected chi connectivity index (χ1v) is 26.9. The summed E-state index contributed by atoms with van der Waals surface area (Å²) < 4.78 is 4.82. The van der Waals surface area contributed by atoms with Crippen molar-refractivity contribution in [2.24, 2.45) is 4.99 Å². The molecule has 0 saturated carbocycles. The highest BCUT2D eigenvalue weighted by atomic mass is 15.0. The number of aliphatic imine (C=N–C) groups is 1. The van der Waals surface area contributed by atoms with Crippen LogP contribution >= 0.6 is 0 Å². The van der Waals surface area contributed by atoms with E-state index >= 15 is 0 Å². The van der Waals surface area contributed by atoms with E-state index in [9.17, 15) is 0 Å². The lowest BCUT2D eigenvalue weighted by Gasteiger charge is -2.16. The van der Waals surface area contributed by atoms with Crippen LogP contribution in [0.5, 0.6) is 0 Å². The molecule has 0 saturated heterocycles. The second-order valence-electron chi connectivity index (χ2n) is 18.9. The van der Waals surface area contributed by atoms with Crippen LogP contribution in [0.25, 0.3) is 106 Å². The molecule has 5 aromatic carbocycles. The average Bonchev–Trinajstić information content (AvgIpc) is 4.27. The minimum Gasteiger partial charge on any atom is -0.310 e. The van der Waals surface area contributed by atoms with Crippen molar-refractivity contribution in [3.05, 3.63) is 254 Å². The first-order chi connectivity index (χ1) is 38.5. The molecule has 2 aliphatic rings. The van der Waals surface area contributed by atoms with E-state index in [2.05, 4.69) is 178 Å². The number of hydrogen-bond acceptors (Lipinski definition) is 6. The summed E-state index contributed by atoms with van der Waals surface area (Å²) in [5.41, 5.74) is 18.5. The van der Waals surface area contributed by atoms with Gasteiger partial charge in [-0.25, -0.2) is 19.9 Å². The molecule has 6 heterocycles. The van der Waals surface area contributed by atoms with Gasteiger partial charge in [0.05, 0.1) is 39.3 Å². The van der Waals surface area contributed by atoms with Gasteiger partial charge >= 0.3 is 0 Å². The minimum atomic E-state index is 0.0901. The lowest BCUT2D eigenvalue weighted by molar-refractivity contribution is 0.835. The van der Waals surface area contributed by atoms with E-state index in [4.69, 9.17) is 19.9 Å². The van der Waals surface area contributed by atoms with E-state index in [1.54, 1.807) is 18.5 Å². The molecule has 0 bridgehead atoms. The summed E-state index contributed by atoms with van der Waals surface area (Å²) >= 11 is 0. The van der Waals surface area contributed by atoms with Crippen molar-refractivity contribution < 1.29 is 0 Å². The zero-order valence-corrected chi connectivity index (χ0v) is 44.6. The third kappa shape index (κ3) is 9.54. The summed E-state index contributed by atoms with van der Waals surface area (Å²) in [6, 6.07) is 47.7. The van der Waals surface area contributed by atoms with Gasteiger partial charge in [0.1, 0.15) is 0 Å². The minimum absolute atomic E-state index is 0.0901. The number of aromatic nitrogens is 7. The molecule has 8 heteroatoms. The summed E-state index contributed by atoms with van der Waals surface area (Å²) in [6.07, 6.45) is 32.6. The van der Waals surface area contributed by atoms with E-state index in [0.29, 0.717) is 11.6 Å². The summed E-state index contributed by atoms with van der Waals surface area (Å²) in [4.78, 5) is 29.5. The van der Waals surface area contributed by atoms with Gasteiger partial charge in [0.25, 0.3) is 0 Å². The molecule has 0 N–H and O–H groups in total. The van der Waals surface area contributed by atoms with Crippen molar-refractivity contribution in [1.29, 1.82) is 0 Å². The summed E-state index contributed by atoms with van der Waals surface area (Å²) in [6.45, 7) is 16.0.